The molecule has 1 amide bonds. The SMILES string of the molecule is Cc1ccc2nc(-c3ccc(Cl)cc3)cc(C(=O)N/N=C/c3c(C)n(C)c4c(C)cccc34)c2c1. The summed E-state index contributed by atoms with van der Waals surface area (Å²) in [5.74, 6) is -0.288. The molecule has 0 aliphatic carbocycles. The van der Waals surface area contributed by atoms with Crippen LogP contribution in [0.2, 0.25) is 5.02 Å². The van der Waals surface area contributed by atoms with E-state index in [9.17, 15) is 4.79 Å². The Hall–Kier alpha value is -3.96. The second kappa shape index (κ2) is 9.01. The number of fused-ring (bicyclic) bond motifs is 2. The van der Waals surface area contributed by atoms with E-state index in [1.165, 1.54) is 11.1 Å². The van der Waals surface area contributed by atoms with Gasteiger partial charge in [-0.05, 0) is 56.7 Å². The Morgan fingerprint density at radius 3 is 2.54 bits per heavy atom. The first-order valence-corrected chi connectivity index (χ1v) is 11.8. The molecule has 0 fully saturated rings. The summed E-state index contributed by atoms with van der Waals surface area (Å²) in [6.45, 7) is 6.15. The van der Waals surface area contributed by atoms with Crippen molar-refractivity contribution in [2.24, 2.45) is 12.1 Å². The molecule has 0 radical (unpaired) electrons. The minimum Gasteiger partial charge on any atom is -0.347 e. The van der Waals surface area contributed by atoms with Crippen LogP contribution in [0.1, 0.15) is 32.7 Å². The first-order valence-electron chi connectivity index (χ1n) is 11.4. The minimum atomic E-state index is -0.288. The number of carbonyl (C=O) groups excluding carboxylic acids is 1. The van der Waals surface area contributed by atoms with Crippen LogP contribution in [0.15, 0.2) is 71.8 Å². The maximum atomic E-state index is 13.3. The highest BCUT2D eigenvalue weighted by molar-refractivity contribution is 6.30. The number of hydrogen-bond acceptors (Lipinski definition) is 3. The maximum Gasteiger partial charge on any atom is 0.272 e. The number of aryl methyl sites for hydroxylation is 3. The van der Waals surface area contributed by atoms with E-state index in [2.05, 4.69) is 41.1 Å². The Bertz CT molecular complexity index is 1630. The van der Waals surface area contributed by atoms with Crippen molar-refractivity contribution in [3.63, 3.8) is 0 Å². The van der Waals surface area contributed by atoms with E-state index < -0.39 is 0 Å². The number of benzene rings is 3. The van der Waals surface area contributed by atoms with Crippen molar-refractivity contribution in [2.45, 2.75) is 20.8 Å². The third-order valence-corrected chi connectivity index (χ3v) is 6.72. The van der Waals surface area contributed by atoms with Crippen LogP contribution in [-0.2, 0) is 7.05 Å². The number of amides is 1. The summed E-state index contributed by atoms with van der Waals surface area (Å²) >= 11 is 6.06. The zero-order valence-electron chi connectivity index (χ0n) is 20.1. The van der Waals surface area contributed by atoms with Gasteiger partial charge < -0.3 is 4.57 Å². The molecule has 3 aromatic carbocycles. The van der Waals surface area contributed by atoms with E-state index in [0.717, 1.165) is 38.7 Å². The number of para-hydroxylation sites is 1. The van der Waals surface area contributed by atoms with Crippen molar-refractivity contribution in [3.05, 3.63) is 99.7 Å². The van der Waals surface area contributed by atoms with E-state index in [1.807, 2.05) is 68.6 Å². The predicted molar refractivity (Wildman–Crippen MR) is 144 cm³/mol. The summed E-state index contributed by atoms with van der Waals surface area (Å²) in [7, 11) is 2.05. The van der Waals surface area contributed by atoms with Gasteiger partial charge in [-0.25, -0.2) is 10.4 Å². The molecule has 0 aliphatic rings. The summed E-state index contributed by atoms with van der Waals surface area (Å²) in [6, 6.07) is 21.4. The largest absolute Gasteiger partial charge is 0.347 e. The topological polar surface area (TPSA) is 59.3 Å². The maximum absolute atomic E-state index is 13.3. The summed E-state index contributed by atoms with van der Waals surface area (Å²) in [5.41, 5.74) is 11.1. The predicted octanol–water partition coefficient (Wildman–Crippen LogP) is 6.74. The van der Waals surface area contributed by atoms with Crippen LogP contribution < -0.4 is 5.43 Å². The van der Waals surface area contributed by atoms with Crippen molar-refractivity contribution >= 4 is 45.5 Å². The first kappa shape index (κ1) is 22.8. The molecule has 5 aromatic rings. The van der Waals surface area contributed by atoms with Gasteiger partial charge in [-0.15, -0.1) is 0 Å². The fraction of sp³-hybridized carbons (Fsp3) is 0.138. The lowest BCUT2D eigenvalue weighted by molar-refractivity contribution is 0.0956. The monoisotopic (exact) mass is 480 g/mol. The highest BCUT2D eigenvalue weighted by Gasteiger charge is 2.15. The Balaban J connectivity index is 1.53. The number of pyridine rings is 1. The van der Waals surface area contributed by atoms with Crippen molar-refractivity contribution < 1.29 is 4.79 Å². The van der Waals surface area contributed by atoms with Gasteiger partial charge in [-0.1, -0.05) is 53.6 Å². The van der Waals surface area contributed by atoms with Crippen LogP contribution in [0.3, 0.4) is 0 Å². The molecule has 2 aromatic heterocycles. The highest BCUT2D eigenvalue weighted by atomic mass is 35.5. The molecule has 174 valence electrons. The van der Waals surface area contributed by atoms with Gasteiger partial charge in [0.15, 0.2) is 0 Å². The lowest BCUT2D eigenvalue weighted by atomic mass is 10.0. The molecule has 0 atom stereocenters. The molecule has 0 saturated heterocycles. The fourth-order valence-electron chi connectivity index (χ4n) is 4.54. The van der Waals surface area contributed by atoms with E-state index in [4.69, 9.17) is 16.6 Å². The number of nitrogens with zero attached hydrogens (tertiary/aromatic N) is 3. The van der Waals surface area contributed by atoms with E-state index in [-0.39, 0.29) is 5.91 Å². The number of rotatable bonds is 4. The fourth-order valence-corrected chi connectivity index (χ4v) is 4.67. The van der Waals surface area contributed by atoms with Gasteiger partial charge in [-0.3, -0.25) is 4.79 Å². The third-order valence-electron chi connectivity index (χ3n) is 6.46. The number of hydrazone groups is 1. The zero-order chi connectivity index (χ0) is 24.7. The molecule has 5 nitrogen and oxygen atoms in total. The second-order valence-electron chi connectivity index (χ2n) is 8.81. The van der Waals surface area contributed by atoms with Crippen LogP contribution in [0, 0.1) is 20.8 Å². The highest BCUT2D eigenvalue weighted by Crippen LogP contribution is 2.28. The Morgan fingerprint density at radius 1 is 1.00 bits per heavy atom. The average Bonchev–Trinajstić information content (AvgIpc) is 3.09. The average molecular weight is 481 g/mol. The van der Waals surface area contributed by atoms with Gasteiger partial charge in [0.05, 0.1) is 28.5 Å². The molecule has 35 heavy (non-hydrogen) atoms. The van der Waals surface area contributed by atoms with Crippen LogP contribution in [0.5, 0.6) is 0 Å². The molecule has 1 N–H and O–H groups in total. The van der Waals surface area contributed by atoms with Crippen molar-refractivity contribution in [1.82, 2.24) is 15.0 Å². The van der Waals surface area contributed by atoms with Crippen LogP contribution in [0.4, 0.5) is 0 Å². The van der Waals surface area contributed by atoms with Crippen molar-refractivity contribution in [3.8, 4) is 11.3 Å². The lowest BCUT2D eigenvalue weighted by Gasteiger charge is -2.10. The van der Waals surface area contributed by atoms with Crippen molar-refractivity contribution in [1.29, 1.82) is 0 Å². The van der Waals surface area contributed by atoms with Crippen LogP contribution >= 0.6 is 11.6 Å². The Morgan fingerprint density at radius 2 is 1.77 bits per heavy atom. The number of carbonyl (C=O) groups is 1. The Kier molecular flexibility index (Phi) is 5.87. The molecule has 5 rings (SSSR count). The van der Waals surface area contributed by atoms with E-state index in [1.54, 1.807) is 6.21 Å². The summed E-state index contributed by atoms with van der Waals surface area (Å²) in [6.07, 6.45) is 1.73. The van der Waals surface area contributed by atoms with Crippen molar-refractivity contribution in [2.75, 3.05) is 0 Å². The molecule has 6 heteroatoms. The zero-order valence-corrected chi connectivity index (χ0v) is 20.8. The van der Waals surface area contributed by atoms with E-state index >= 15 is 0 Å². The van der Waals surface area contributed by atoms with E-state index in [0.29, 0.717) is 16.3 Å². The first-order chi connectivity index (χ1) is 16.8. The van der Waals surface area contributed by atoms with Gasteiger partial charge in [0.2, 0.25) is 0 Å². The quantitative estimate of drug-likeness (QED) is 0.229. The summed E-state index contributed by atoms with van der Waals surface area (Å²) in [4.78, 5) is 18.1. The molecular formula is C29H25ClN4O. The number of aromatic nitrogens is 2. The minimum absolute atomic E-state index is 0.288. The molecule has 0 unspecified atom stereocenters. The second-order valence-corrected chi connectivity index (χ2v) is 9.25. The standard InChI is InChI=1S/C29H25ClN4O/c1-17-8-13-26-23(14-17)24(15-27(32-26)20-9-11-21(30)12-10-20)29(35)33-31-16-25-19(3)34(4)28-18(2)6-5-7-22(25)28/h5-16H,1-4H3,(H,33,35)/b31-16+. The van der Waals surface area contributed by atoms with Gasteiger partial charge in [0, 0.05) is 39.7 Å². The smallest absolute Gasteiger partial charge is 0.272 e. The van der Waals surface area contributed by atoms with Gasteiger partial charge in [0.25, 0.3) is 5.91 Å². The molecule has 0 saturated carbocycles. The number of nitrogens with one attached hydrogen (secondary N) is 1. The molecule has 2 heterocycles. The van der Waals surface area contributed by atoms with Crippen LogP contribution in [-0.4, -0.2) is 21.7 Å². The number of halogens is 1. The number of hydrogen-bond donors (Lipinski definition) is 1. The van der Waals surface area contributed by atoms with Gasteiger partial charge in [-0.2, -0.15) is 5.10 Å². The van der Waals surface area contributed by atoms with Crippen LogP contribution in [0.25, 0.3) is 33.1 Å². The van der Waals surface area contributed by atoms with Gasteiger partial charge in [0.1, 0.15) is 0 Å². The van der Waals surface area contributed by atoms with Gasteiger partial charge >= 0.3 is 0 Å². The summed E-state index contributed by atoms with van der Waals surface area (Å²) in [5, 5.41) is 6.88. The molecule has 0 spiro atoms. The molecule has 0 aliphatic heterocycles. The molecular weight excluding hydrogens is 456 g/mol. The third kappa shape index (κ3) is 4.19. The molecule has 0 bridgehead atoms. The summed E-state index contributed by atoms with van der Waals surface area (Å²) < 4.78 is 2.16. The normalized spacial score (nSPS) is 11.6. The Labute approximate surface area is 209 Å². The lowest BCUT2D eigenvalue weighted by Crippen LogP contribution is -2.18.